The first-order chi connectivity index (χ1) is 6.93. The molecule has 0 atom stereocenters. The summed E-state index contributed by atoms with van der Waals surface area (Å²) in [7, 11) is 0. The fourth-order valence-corrected chi connectivity index (χ4v) is 0. The molecule has 0 aromatic rings. The molecule has 0 rings (SSSR count). The van der Waals surface area contributed by atoms with Gasteiger partial charge in [-0.05, 0) is 0 Å². The minimum absolute atomic E-state index is 0. The molecule has 0 aliphatic heterocycles. The van der Waals surface area contributed by atoms with E-state index < -0.39 is 84.3 Å². The van der Waals surface area contributed by atoms with Crippen LogP contribution < -0.4 is 125 Å². The zero-order chi connectivity index (χ0) is 14.3. The Labute approximate surface area is 143 Å². The van der Waals surface area contributed by atoms with Crippen molar-refractivity contribution in [2.24, 2.45) is 0 Å². The predicted octanol–water partition coefficient (Wildman–Crippen LogP) is -26.3. The Morgan fingerprint density at radius 3 is 0.294 bits per heavy atom. The number of halogens is 4. The van der Waals surface area contributed by atoms with Crippen molar-refractivity contribution in [2.75, 3.05) is 0 Å². The van der Waals surface area contributed by atoms with Crippen LogP contribution in [0.25, 0.3) is 0 Å². The molecule has 17 heteroatoms. The molecule has 0 saturated heterocycles. The molecule has 1 radical (unpaired) electrons. The van der Waals surface area contributed by atoms with E-state index >= 15 is 0 Å². The first-order valence-electron chi connectivity index (χ1n) is 1.85. The number of hydrogen-bond acceptors (Lipinski definition) is 12. The molecule has 0 aliphatic rings. The minimum Gasteiger partial charge on any atom is -0.427 e. The van der Waals surface area contributed by atoms with Crippen LogP contribution in [0.2, 0.25) is 0 Å². The zero-order valence-corrected chi connectivity index (χ0v) is 18.1. The summed E-state index contributed by atoms with van der Waals surface area (Å²) in [6, 6.07) is 0. The maximum atomic E-state index is 8.57. The average molecular weight is 886 g/mol. The fraction of sp³-hybridized carbons (Fsp3) is 0. The van der Waals surface area contributed by atoms with Gasteiger partial charge in [0, 0.05) is 20.4 Å². The summed E-state index contributed by atoms with van der Waals surface area (Å²) >= 11 is -16.1. The standard InChI is InChI=1S/4IO3.Re/c4*2-1(3)4;/q4*-1;. The third-order valence-electron chi connectivity index (χ3n) is 0. The summed E-state index contributed by atoms with van der Waals surface area (Å²) in [5, 5.41) is 0. The van der Waals surface area contributed by atoms with E-state index in [2.05, 4.69) is 0 Å². The summed E-state index contributed by atoms with van der Waals surface area (Å²) in [5.41, 5.74) is 0. The van der Waals surface area contributed by atoms with Crippen LogP contribution in [0.3, 0.4) is 0 Å². The van der Waals surface area contributed by atoms with Gasteiger partial charge in [0.25, 0.3) is 84.3 Å². The summed E-state index contributed by atoms with van der Waals surface area (Å²) in [6.45, 7) is 0. The molecule has 0 amide bonds. The molecular formula is I4O12Re-4. The normalized spacial score (nSPS) is 8.47. The van der Waals surface area contributed by atoms with Gasteiger partial charge < -0.3 is 41.2 Å². The van der Waals surface area contributed by atoms with Gasteiger partial charge in [-0.3, -0.25) is 0 Å². The van der Waals surface area contributed by atoms with Gasteiger partial charge in [-0.1, -0.05) is 0 Å². The maximum absolute atomic E-state index is 8.57. The molecule has 111 valence electrons. The van der Waals surface area contributed by atoms with E-state index in [1.165, 1.54) is 0 Å². The maximum Gasteiger partial charge on any atom is 0.282 e. The van der Waals surface area contributed by atoms with Crippen LogP contribution in [0, 0.1) is 0 Å². The summed E-state index contributed by atoms with van der Waals surface area (Å²) in [4.78, 5) is 0. The van der Waals surface area contributed by atoms with Crippen molar-refractivity contribution in [1.29, 1.82) is 0 Å². The van der Waals surface area contributed by atoms with E-state index in [4.69, 9.17) is 41.2 Å². The van der Waals surface area contributed by atoms with Gasteiger partial charge >= 0.3 is 0 Å². The third-order valence-corrected chi connectivity index (χ3v) is 0. The largest absolute Gasteiger partial charge is 0.427 e. The Hall–Kier alpha value is 3.10. The zero-order valence-electron chi connectivity index (χ0n) is 6.79. The van der Waals surface area contributed by atoms with Gasteiger partial charge in [0.15, 0.2) is 0 Å². The van der Waals surface area contributed by atoms with Crippen LogP contribution in [-0.2, 0) is 20.4 Å². The first kappa shape index (κ1) is 32.2. The van der Waals surface area contributed by atoms with Crippen molar-refractivity contribution in [1.82, 2.24) is 0 Å². The third kappa shape index (κ3) is 581. The van der Waals surface area contributed by atoms with E-state index in [1.807, 2.05) is 0 Å². The molecule has 0 saturated carbocycles. The number of rotatable bonds is 0. The molecule has 0 bridgehead atoms. The van der Waals surface area contributed by atoms with E-state index in [9.17, 15) is 0 Å². The van der Waals surface area contributed by atoms with Gasteiger partial charge in [-0.25, -0.2) is 0 Å². The van der Waals surface area contributed by atoms with Crippen LogP contribution in [0.5, 0.6) is 0 Å². The molecule has 0 aromatic carbocycles. The van der Waals surface area contributed by atoms with Crippen molar-refractivity contribution >= 4 is 0 Å². The Kier molecular flexibility index (Phi) is 51.9. The van der Waals surface area contributed by atoms with Crippen molar-refractivity contribution in [3.63, 3.8) is 0 Å². The monoisotopic (exact) mass is 887 g/mol. The van der Waals surface area contributed by atoms with Gasteiger partial charge in [-0.15, -0.1) is 0 Å². The quantitative estimate of drug-likeness (QED) is 0.205. The molecule has 0 heterocycles. The minimum atomic E-state index is -4.01. The number of hydrogen-bond donors (Lipinski definition) is 0. The first-order valence-corrected chi connectivity index (χ1v) is 12.4. The molecule has 0 spiro atoms. The Morgan fingerprint density at radius 2 is 0.294 bits per heavy atom. The van der Waals surface area contributed by atoms with Gasteiger partial charge in [-0.2, -0.15) is 0 Å². The molecule has 0 unspecified atom stereocenters. The SMILES string of the molecule is [O-][I+2]([O-])[O-].[O-][I+2]([O-])[O-].[O-][I+2]([O-])[O-].[O-][I+2]([O-])[O-].[Re]. The van der Waals surface area contributed by atoms with Crippen molar-refractivity contribution in [3.8, 4) is 0 Å². The summed E-state index contributed by atoms with van der Waals surface area (Å²) in [6.07, 6.45) is 0. The van der Waals surface area contributed by atoms with Gasteiger partial charge in [0.2, 0.25) is 0 Å². The van der Waals surface area contributed by atoms with E-state index in [0.717, 1.165) is 0 Å². The molecule has 0 N–H and O–H groups in total. The molecule has 17 heavy (non-hydrogen) atoms. The second-order valence-corrected chi connectivity index (χ2v) is 5.07. The van der Waals surface area contributed by atoms with E-state index in [1.54, 1.807) is 0 Å². The van der Waals surface area contributed by atoms with Crippen molar-refractivity contribution < 1.29 is 146 Å². The Bertz CT molecular complexity index is 61.5. The van der Waals surface area contributed by atoms with E-state index in [0.29, 0.717) is 0 Å². The molecule has 0 aromatic heterocycles. The van der Waals surface area contributed by atoms with Crippen LogP contribution in [-0.4, -0.2) is 0 Å². The Morgan fingerprint density at radius 1 is 0.294 bits per heavy atom. The topological polar surface area (TPSA) is 277 Å². The van der Waals surface area contributed by atoms with Crippen LogP contribution in [0.15, 0.2) is 0 Å². The predicted molar refractivity (Wildman–Crippen MR) is 0 cm³/mol. The van der Waals surface area contributed by atoms with Crippen LogP contribution in [0.1, 0.15) is 0 Å². The molecular weight excluding hydrogens is 886 g/mol. The summed E-state index contributed by atoms with van der Waals surface area (Å²) < 4.78 is 103. The molecule has 12 nitrogen and oxygen atoms in total. The summed E-state index contributed by atoms with van der Waals surface area (Å²) in [5.74, 6) is 0. The average Bonchev–Trinajstić information content (AvgIpc) is 1.76. The molecule has 0 fully saturated rings. The fourth-order valence-electron chi connectivity index (χ4n) is 0. The smallest absolute Gasteiger partial charge is 0.282 e. The second-order valence-electron chi connectivity index (χ2n) is 0.756. The van der Waals surface area contributed by atoms with Crippen LogP contribution in [0.4, 0.5) is 0 Å². The van der Waals surface area contributed by atoms with Crippen molar-refractivity contribution in [3.05, 3.63) is 0 Å². The van der Waals surface area contributed by atoms with E-state index in [-0.39, 0.29) is 20.4 Å². The second kappa shape index (κ2) is 27.4. The Balaban J connectivity index is -0.0000000369. The molecule has 0 aliphatic carbocycles. The van der Waals surface area contributed by atoms with Crippen molar-refractivity contribution in [2.45, 2.75) is 0 Å². The van der Waals surface area contributed by atoms with Gasteiger partial charge in [0.05, 0.1) is 0 Å². The van der Waals surface area contributed by atoms with Crippen LogP contribution >= 0.6 is 0 Å². The van der Waals surface area contributed by atoms with Gasteiger partial charge in [0.1, 0.15) is 0 Å².